The molecule has 3 N–H and O–H groups in total. The van der Waals surface area contributed by atoms with Gasteiger partial charge in [-0.2, -0.15) is 0 Å². The smallest absolute Gasteiger partial charge is 0.335 e. The Bertz CT molecular complexity index is 1010. The van der Waals surface area contributed by atoms with Gasteiger partial charge < -0.3 is 20.1 Å². The highest BCUT2D eigenvalue weighted by Crippen LogP contribution is 2.28. The molecule has 0 radical (unpaired) electrons. The lowest BCUT2D eigenvalue weighted by Gasteiger charge is -2.07. The number of carboxylic acid groups (broad SMARTS) is 1. The highest BCUT2D eigenvalue weighted by atomic mass is 16.5. The first-order valence-corrected chi connectivity index (χ1v) is 8.36. The Morgan fingerprint density at radius 2 is 2.15 bits per heavy atom. The number of ether oxygens (including phenoxy) is 1. The normalized spacial score (nSPS) is 12.6. The number of rotatable bonds is 5. The van der Waals surface area contributed by atoms with Crippen molar-refractivity contribution < 1.29 is 19.4 Å². The Balaban J connectivity index is 1.42. The van der Waals surface area contributed by atoms with Gasteiger partial charge in [0.25, 0.3) is 5.91 Å². The number of imidazole rings is 1. The number of hydrogen-bond acceptors (Lipinski definition) is 4. The van der Waals surface area contributed by atoms with Crippen LogP contribution < -0.4 is 10.1 Å². The number of H-pyrrole nitrogens is 1. The number of nitrogens with one attached hydrogen (secondary N) is 2. The third-order valence-corrected chi connectivity index (χ3v) is 4.41. The molecule has 0 atom stereocenters. The summed E-state index contributed by atoms with van der Waals surface area (Å²) in [4.78, 5) is 31.0. The van der Waals surface area contributed by atoms with Crippen LogP contribution in [0.25, 0.3) is 11.0 Å². The molecule has 7 nitrogen and oxygen atoms in total. The van der Waals surface area contributed by atoms with Gasteiger partial charge in [0.05, 0.1) is 23.2 Å². The summed E-state index contributed by atoms with van der Waals surface area (Å²) in [6.07, 6.45) is 1.27. The maximum atomic E-state index is 12.4. The minimum atomic E-state index is -0.977. The molecule has 7 heteroatoms. The Morgan fingerprint density at radius 1 is 1.27 bits per heavy atom. The van der Waals surface area contributed by atoms with Gasteiger partial charge in [0.15, 0.2) is 0 Å². The van der Waals surface area contributed by atoms with E-state index in [1.165, 1.54) is 6.07 Å². The Morgan fingerprint density at radius 3 is 3.00 bits per heavy atom. The van der Waals surface area contributed by atoms with Gasteiger partial charge in [-0.1, -0.05) is 6.07 Å². The van der Waals surface area contributed by atoms with Crippen molar-refractivity contribution >= 4 is 22.9 Å². The predicted molar refractivity (Wildman–Crippen MR) is 94.7 cm³/mol. The fraction of sp³-hybridized carbons (Fsp3) is 0.211. The highest BCUT2D eigenvalue weighted by Gasteiger charge is 2.19. The number of amides is 1. The van der Waals surface area contributed by atoms with Crippen molar-refractivity contribution in [3.63, 3.8) is 0 Å². The van der Waals surface area contributed by atoms with E-state index in [1.807, 2.05) is 12.1 Å². The molecule has 2 aromatic carbocycles. The lowest BCUT2D eigenvalue weighted by Crippen LogP contribution is -2.26. The number of aromatic amines is 1. The van der Waals surface area contributed by atoms with Gasteiger partial charge >= 0.3 is 5.97 Å². The van der Waals surface area contributed by atoms with Gasteiger partial charge in [-0.25, -0.2) is 9.78 Å². The molecular weight excluding hydrogens is 334 g/mol. The predicted octanol–water partition coefficient (Wildman–Crippen LogP) is 2.17. The number of benzene rings is 2. The van der Waals surface area contributed by atoms with Gasteiger partial charge in [0.1, 0.15) is 11.6 Å². The van der Waals surface area contributed by atoms with E-state index in [-0.39, 0.29) is 11.5 Å². The third-order valence-electron chi connectivity index (χ3n) is 4.41. The fourth-order valence-corrected chi connectivity index (χ4v) is 3.14. The molecule has 0 aliphatic carbocycles. The zero-order valence-electron chi connectivity index (χ0n) is 13.9. The van der Waals surface area contributed by atoms with Crippen LogP contribution in [0.15, 0.2) is 36.4 Å². The average Bonchev–Trinajstić information content (AvgIpc) is 3.26. The number of aromatic nitrogens is 2. The van der Waals surface area contributed by atoms with Crippen LogP contribution in [0.3, 0.4) is 0 Å². The molecular formula is C19H17N3O4. The molecule has 4 rings (SSSR count). The van der Waals surface area contributed by atoms with Crippen molar-refractivity contribution in [3.8, 4) is 5.75 Å². The number of hydrogen-bond donors (Lipinski definition) is 3. The van der Waals surface area contributed by atoms with Crippen LogP contribution in [0.4, 0.5) is 0 Å². The van der Waals surface area contributed by atoms with E-state index in [0.29, 0.717) is 42.0 Å². The molecule has 132 valence electrons. The van der Waals surface area contributed by atoms with E-state index < -0.39 is 5.97 Å². The second kappa shape index (κ2) is 6.51. The quantitative estimate of drug-likeness (QED) is 0.653. The van der Waals surface area contributed by atoms with Crippen LogP contribution in [0.1, 0.15) is 32.1 Å². The summed E-state index contributed by atoms with van der Waals surface area (Å²) >= 11 is 0. The van der Waals surface area contributed by atoms with Crippen molar-refractivity contribution in [1.82, 2.24) is 15.3 Å². The maximum Gasteiger partial charge on any atom is 0.335 e. The molecule has 1 aliphatic heterocycles. The molecule has 0 unspecified atom stereocenters. The Kier molecular flexibility index (Phi) is 4.04. The van der Waals surface area contributed by atoms with Gasteiger partial charge in [-0.05, 0) is 30.3 Å². The lowest BCUT2D eigenvalue weighted by molar-refractivity contribution is 0.0696. The maximum absolute atomic E-state index is 12.4. The first-order chi connectivity index (χ1) is 12.6. The summed E-state index contributed by atoms with van der Waals surface area (Å²) in [5.74, 6) is 0.375. The number of carbonyl (C=O) groups excluding carboxylic acids is 1. The number of carboxylic acids is 1. The molecule has 0 fully saturated rings. The standard InChI is InChI=1S/C19H17N3O4/c23-18(13-2-1-3-16-12(13)7-9-26-16)20-8-6-17-21-14-5-4-11(19(24)25)10-15(14)22-17/h1-5,10H,6-9H2,(H,20,23)(H,21,22)(H,24,25). The van der Waals surface area contributed by atoms with Gasteiger partial charge in [0, 0.05) is 30.5 Å². The lowest BCUT2D eigenvalue weighted by atomic mass is 10.0. The highest BCUT2D eigenvalue weighted by molar-refractivity contribution is 5.96. The number of aromatic carboxylic acids is 1. The van der Waals surface area contributed by atoms with Crippen LogP contribution >= 0.6 is 0 Å². The number of carbonyl (C=O) groups is 2. The van der Waals surface area contributed by atoms with Gasteiger partial charge in [-0.3, -0.25) is 4.79 Å². The summed E-state index contributed by atoms with van der Waals surface area (Å²) in [5.41, 5.74) is 3.19. The first-order valence-electron chi connectivity index (χ1n) is 8.36. The van der Waals surface area contributed by atoms with E-state index in [2.05, 4.69) is 15.3 Å². The molecule has 26 heavy (non-hydrogen) atoms. The summed E-state index contributed by atoms with van der Waals surface area (Å²) < 4.78 is 5.49. The van der Waals surface area contributed by atoms with E-state index in [1.54, 1.807) is 18.2 Å². The Labute approximate surface area is 149 Å². The molecule has 2 heterocycles. The molecule has 1 amide bonds. The summed E-state index contributed by atoms with van der Waals surface area (Å²) in [5, 5.41) is 11.9. The molecule has 1 aliphatic rings. The summed E-state index contributed by atoms with van der Waals surface area (Å²) in [7, 11) is 0. The molecule has 0 spiro atoms. The van der Waals surface area contributed by atoms with E-state index >= 15 is 0 Å². The van der Waals surface area contributed by atoms with Crippen molar-refractivity contribution in [2.24, 2.45) is 0 Å². The fourth-order valence-electron chi connectivity index (χ4n) is 3.14. The van der Waals surface area contributed by atoms with Crippen LogP contribution in [0, 0.1) is 0 Å². The van der Waals surface area contributed by atoms with E-state index in [9.17, 15) is 9.59 Å². The van der Waals surface area contributed by atoms with E-state index in [4.69, 9.17) is 9.84 Å². The van der Waals surface area contributed by atoms with Crippen molar-refractivity contribution in [2.45, 2.75) is 12.8 Å². The minimum Gasteiger partial charge on any atom is -0.493 e. The minimum absolute atomic E-state index is 0.128. The van der Waals surface area contributed by atoms with E-state index in [0.717, 1.165) is 17.7 Å². The van der Waals surface area contributed by atoms with Crippen LogP contribution in [-0.2, 0) is 12.8 Å². The van der Waals surface area contributed by atoms with Crippen molar-refractivity contribution in [2.75, 3.05) is 13.2 Å². The zero-order valence-corrected chi connectivity index (χ0v) is 13.9. The average molecular weight is 351 g/mol. The molecule has 0 saturated carbocycles. The van der Waals surface area contributed by atoms with Crippen LogP contribution in [0.5, 0.6) is 5.75 Å². The molecule has 0 saturated heterocycles. The summed E-state index contributed by atoms with van der Waals surface area (Å²) in [6.45, 7) is 1.03. The molecule has 1 aromatic heterocycles. The second-order valence-electron chi connectivity index (χ2n) is 6.11. The first kappa shape index (κ1) is 16.1. The molecule has 0 bridgehead atoms. The van der Waals surface area contributed by atoms with Gasteiger partial charge in [-0.15, -0.1) is 0 Å². The second-order valence-corrected chi connectivity index (χ2v) is 6.11. The van der Waals surface area contributed by atoms with Crippen LogP contribution in [0.2, 0.25) is 0 Å². The molecule has 3 aromatic rings. The topological polar surface area (TPSA) is 104 Å². The summed E-state index contributed by atoms with van der Waals surface area (Å²) in [6, 6.07) is 10.2. The number of nitrogens with zero attached hydrogens (tertiary/aromatic N) is 1. The van der Waals surface area contributed by atoms with Crippen molar-refractivity contribution in [3.05, 3.63) is 58.9 Å². The van der Waals surface area contributed by atoms with Crippen LogP contribution in [-0.4, -0.2) is 40.1 Å². The Hall–Kier alpha value is -3.35. The van der Waals surface area contributed by atoms with Gasteiger partial charge in [0.2, 0.25) is 0 Å². The monoisotopic (exact) mass is 351 g/mol. The largest absolute Gasteiger partial charge is 0.493 e. The zero-order chi connectivity index (χ0) is 18.1. The third kappa shape index (κ3) is 2.99. The SMILES string of the molecule is O=C(O)c1ccc2nc(CCNC(=O)c3cccc4c3CCO4)[nH]c2c1. The number of fused-ring (bicyclic) bond motifs is 2. The van der Waals surface area contributed by atoms with Crippen molar-refractivity contribution in [1.29, 1.82) is 0 Å².